The molecule has 0 rings (SSSR count). The number of Topliss-reactive ketones (excluding diaryl/α,β-unsaturated/α-hetero) is 1. The molecule has 0 saturated carbocycles. The summed E-state index contributed by atoms with van der Waals surface area (Å²) in [5.41, 5.74) is 0. The first-order valence-electron chi connectivity index (χ1n) is 1.20. The third kappa shape index (κ3) is 334. The van der Waals surface area contributed by atoms with E-state index in [9.17, 15) is 4.79 Å². The molecule has 0 heterocycles. The quantitative estimate of drug-likeness (QED) is 0.445. The monoisotopic (exact) mass is 109 g/mol. The van der Waals surface area contributed by atoms with Gasteiger partial charge in [-0.15, -0.1) is 0 Å². The smallest absolute Gasteiger partial charge is 0.126 e. The summed E-state index contributed by atoms with van der Waals surface area (Å²) in [6.45, 7) is 3.06. The molecule has 0 aliphatic heterocycles. The van der Waals surface area contributed by atoms with Crippen LogP contribution < -0.4 is 0 Å². The van der Waals surface area contributed by atoms with Crippen molar-refractivity contribution in [2.24, 2.45) is 0 Å². The van der Waals surface area contributed by atoms with Gasteiger partial charge in [-0.1, -0.05) is 0 Å². The van der Waals surface area contributed by atoms with Gasteiger partial charge < -0.3 is 4.79 Å². The van der Waals surface area contributed by atoms with Crippen LogP contribution in [0.15, 0.2) is 0 Å². The maximum absolute atomic E-state index is 9.44. The van der Waals surface area contributed by atoms with Gasteiger partial charge in [-0.3, -0.25) is 0 Å². The number of carbonyl (C=O) groups excluding carboxylic acids is 1. The second-order valence-corrected chi connectivity index (χ2v) is 0.908. The summed E-state index contributed by atoms with van der Waals surface area (Å²) in [5, 5.41) is 0. The van der Waals surface area contributed by atoms with E-state index < -0.39 is 0 Å². The van der Waals surface area contributed by atoms with Gasteiger partial charge in [0.25, 0.3) is 0 Å². The maximum atomic E-state index is 9.44. The Hall–Kier alpha value is 0.254. The average Bonchev–Trinajstić information content (AvgIpc) is 0.811. The van der Waals surface area contributed by atoms with Crippen molar-refractivity contribution in [1.29, 1.82) is 0 Å². The molecular formula is C3H6OV. The fraction of sp³-hybridized carbons (Fsp3) is 0.667. The second kappa shape index (κ2) is 4.25. The van der Waals surface area contributed by atoms with E-state index in [-0.39, 0.29) is 24.3 Å². The van der Waals surface area contributed by atoms with Crippen molar-refractivity contribution in [3.8, 4) is 0 Å². The zero-order valence-corrected chi connectivity index (χ0v) is 4.75. The summed E-state index contributed by atoms with van der Waals surface area (Å²) in [4.78, 5) is 9.44. The Kier molecular flexibility index (Phi) is 7.64. The van der Waals surface area contributed by atoms with Crippen LogP contribution in [0.5, 0.6) is 0 Å². The Morgan fingerprint density at radius 3 is 1.40 bits per heavy atom. The van der Waals surface area contributed by atoms with Crippen LogP contribution in [0, 0.1) is 0 Å². The molecule has 0 fully saturated rings. The van der Waals surface area contributed by atoms with E-state index in [0.29, 0.717) is 0 Å². The molecule has 0 aliphatic carbocycles. The molecule has 0 saturated heterocycles. The van der Waals surface area contributed by atoms with Crippen LogP contribution in [-0.2, 0) is 23.4 Å². The van der Waals surface area contributed by atoms with Crippen molar-refractivity contribution in [2.75, 3.05) is 0 Å². The van der Waals surface area contributed by atoms with Crippen LogP contribution in [0.2, 0.25) is 0 Å². The normalized spacial score (nSPS) is 5.20. The minimum atomic E-state index is 0. The second-order valence-electron chi connectivity index (χ2n) is 0.908. The Balaban J connectivity index is 0. The summed E-state index contributed by atoms with van der Waals surface area (Å²) < 4.78 is 0. The minimum absolute atomic E-state index is 0. The van der Waals surface area contributed by atoms with Gasteiger partial charge in [0.2, 0.25) is 0 Å². The Bertz CT molecular complexity index is 29.9. The van der Waals surface area contributed by atoms with Crippen LogP contribution in [0.25, 0.3) is 0 Å². The van der Waals surface area contributed by atoms with Crippen LogP contribution in [-0.4, -0.2) is 5.78 Å². The predicted molar refractivity (Wildman–Crippen MR) is 16.4 cm³/mol. The molecule has 1 nitrogen and oxygen atoms in total. The molecule has 0 aromatic heterocycles. The van der Waals surface area contributed by atoms with Crippen molar-refractivity contribution < 1.29 is 23.4 Å². The summed E-state index contributed by atoms with van der Waals surface area (Å²) in [5.74, 6) is 0.167. The van der Waals surface area contributed by atoms with Crippen LogP contribution in [0.4, 0.5) is 0 Å². The van der Waals surface area contributed by atoms with E-state index in [4.69, 9.17) is 0 Å². The third-order valence-electron chi connectivity index (χ3n) is 0. The molecule has 29 valence electrons. The molecule has 0 aromatic rings. The van der Waals surface area contributed by atoms with E-state index >= 15 is 0 Å². The van der Waals surface area contributed by atoms with E-state index in [2.05, 4.69) is 0 Å². The number of hydrogen-bond donors (Lipinski definition) is 0. The first-order chi connectivity index (χ1) is 1.73. The van der Waals surface area contributed by atoms with E-state index in [0.717, 1.165) is 0 Å². The summed E-state index contributed by atoms with van der Waals surface area (Å²) in [6, 6.07) is 0. The zero-order chi connectivity index (χ0) is 3.58. The molecule has 0 atom stereocenters. The van der Waals surface area contributed by atoms with Gasteiger partial charge in [-0.25, -0.2) is 0 Å². The Labute approximate surface area is 43.6 Å². The summed E-state index contributed by atoms with van der Waals surface area (Å²) >= 11 is 0. The van der Waals surface area contributed by atoms with Gasteiger partial charge in [0.05, 0.1) is 0 Å². The van der Waals surface area contributed by atoms with Crippen molar-refractivity contribution in [2.45, 2.75) is 13.8 Å². The number of rotatable bonds is 0. The van der Waals surface area contributed by atoms with Gasteiger partial charge >= 0.3 is 0 Å². The van der Waals surface area contributed by atoms with Gasteiger partial charge in [0.15, 0.2) is 0 Å². The number of hydrogen-bond acceptors (Lipinski definition) is 1. The van der Waals surface area contributed by atoms with E-state index in [1.165, 1.54) is 13.8 Å². The first kappa shape index (κ1) is 8.98. The minimum Gasteiger partial charge on any atom is -0.300 e. The molecular weight excluding hydrogens is 103 g/mol. The standard InChI is InChI=1S/C3H6O.V/c1-3(2)4;/h1-2H3;. The predicted octanol–water partition coefficient (Wildman–Crippen LogP) is 0.593. The largest absolute Gasteiger partial charge is 0.300 e. The van der Waals surface area contributed by atoms with Crippen molar-refractivity contribution in [1.82, 2.24) is 0 Å². The summed E-state index contributed by atoms with van der Waals surface area (Å²) in [7, 11) is 0. The van der Waals surface area contributed by atoms with Crippen molar-refractivity contribution in [3.05, 3.63) is 0 Å². The Morgan fingerprint density at radius 2 is 1.40 bits per heavy atom. The Morgan fingerprint density at radius 1 is 1.40 bits per heavy atom. The van der Waals surface area contributed by atoms with Crippen LogP contribution in [0.3, 0.4) is 0 Å². The van der Waals surface area contributed by atoms with Gasteiger partial charge in [0, 0.05) is 18.6 Å². The molecule has 0 aliphatic rings. The third-order valence-corrected chi connectivity index (χ3v) is 0. The van der Waals surface area contributed by atoms with Gasteiger partial charge in [0.1, 0.15) is 5.78 Å². The fourth-order valence-electron chi connectivity index (χ4n) is 0. The molecule has 0 unspecified atom stereocenters. The van der Waals surface area contributed by atoms with Crippen LogP contribution in [0.1, 0.15) is 13.8 Å². The maximum Gasteiger partial charge on any atom is 0.126 e. The molecule has 0 N–H and O–H groups in total. The number of carbonyl (C=O) groups is 1. The number of ketones is 1. The van der Waals surface area contributed by atoms with Crippen molar-refractivity contribution >= 4 is 5.78 Å². The molecule has 5 heavy (non-hydrogen) atoms. The zero-order valence-electron chi connectivity index (χ0n) is 3.36. The summed E-state index contributed by atoms with van der Waals surface area (Å²) in [6.07, 6.45) is 0. The first-order valence-corrected chi connectivity index (χ1v) is 1.20. The van der Waals surface area contributed by atoms with Gasteiger partial charge in [-0.2, -0.15) is 0 Å². The molecule has 0 bridgehead atoms. The topological polar surface area (TPSA) is 17.1 Å². The van der Waals surface area contributed by atoms with E-state index in [1.54, 1.807) is 0 Å². The molecule has 1 radical (unpaired) electrons. The van der Waals surface area contributed by atoms with Gasteiger partial charge in [-0.05, 0) is 13.8 Å². The molecule has 0 spiro atoms. The van der Waals surface area contributed by atoms with Crippen molar-refractivity contribution in [3.63, 3.8) is 0 Å². The molecule has 0 aromatic carbocycles. The SMILES string of the molecule is CC(C)=O.[V]. The average molecular weight is 109 g/mol. The van der Waals surface area contributed by atoms with E-state index in [1.807, 2.05) is 0 Å². The molecule has 0 amide bonds. The van der Waals surface area contributed by atoms with Crippen LogP contribution >= 0.6 is 0 Å². The molecule has 2 heteroatoms. The fourth-order valence-corrected chi connectivity index (χ4v) is 0.